The van der Waals surface area contributed by atoms with E-state index >= 15 is 0 Å². The molecule has 0 saturated heterocycles. The fourth-order valence-electron chi connectivity index (χ4n) is 2.09. The minimum absolute atomic E-state index is 0.0237. The molecule has 0 saturated carbocycles. The van der Waals surface area contributed by atoms with Crippen molar-refractivity contribution in [1.82, 2.24) is 4.72 Å². The Balaban J connectivity index is 2.46. The van der Waals surface area contributed by atoms with Crippen molar-refractivity contribution in [2.75, 3.05) is 6.61 Å². The van der Waals surface area contributed by atoms with E-state index < -0.39 is 32.7 Å². The number of carbonyl (C=O) groups excluding carboxylic acids is 1. The van der Waals surface area contributed by atoms with Gasteiger partial charge in [-0.15, -0.1) is 0 Å². The van der Waals surface area contributed by atoms with Crippen molar-refractivity contribution in [3.05, 3.63) is 58.1 Å². The lowest BCUT2D eigenvalue weighted by Crippen LogP contribution is -2.35. The lowest BCUT2D eigenvalue weighted by atomic mass is 10.1. The first-order valence-electron chi connectivity index (χ1n) is 7.18. The fraction of sp³-hybridized carbons (Fsp3) is 0.188. The van der Waals surface area contributed by atoms with Crippen molar-refractivity contribution < 1.29 is 23.1 Å². The Labute approximate surface area is 155 Å². The molecule has 6 nitrogen and oxygen atoms in total. The second kappa shape index (κ2) is 8.05. The lowest BCUT2D eigenvalue weighted by molar-refractivity contribution is -0.145. The highest BCUT2D eigenvalue weighted by atomic mass is 35.5. The Hall–Kier alpha value is -1.80. The molecule has 1 atom stereocenters. The third-order valence-corrected chi connectivity index (χ3v) is 5.15. The maximum Gasteiger partial charge on any atom is 0.328 e. The summed E-state index contributed by atoms with van der Waals surface area (Å²) in [4.78, 5) is 11.7. The number of phenolic OH excluding ortho intramolecular Hbond substituents is 1. The number of halogens is 2. The normalized spacial score (nSPS) is 12.6. The molecule has 0 fully saturated rings. The standard InChI is InChI=1S/C16H15Cl2NO5S/c1-2-24-16(21)14(10-6-4-3-5-7-10)19-25(22,23)13-9-11(17)8-12(18)15(13)20/h3-9,14,19-20H,2H2,1H3. The summed E-state index contributed by atoms with van der Waals surface area (Å²) in [5.41, 5.74) is 0.386. The molecule has 0 heterocycles. The number of hydrogen-bond acceptors (Lipinski definition) is 5. The van der Waals surface area contributed by atoms with Gasteiger partial charge in [0.15, 0.2) is 5.75 Å². The van der Waals surface area contributed by atoms with Crippen molar-refractivity contribution in [1.29, 1.82) is 0 Å². The van der Waals surface area contributed by atoms with Crippen LogP contribution in [0.5, 0.6) is 5.75 Å². The summed E-state index contributed by atoms with van der Waals surface area (Å²) >= 11 is 11.6. The Bertz CT molecular complexity index is 872. The number of carbonyl (C=O) groups is 1. The van der Waals surface area contributed by atoms with Gasteiger partial charge in [-0.2, -0.15) is 4.72 Å². The number of rotatable bonds is 6. The first-order chi connectivity index (χ1) is 11.8. The van der Waals surface area contributed by atoms with E-state index in [4.69, 9.17) is 27.9 Å². The molecule has 0 spiro atoms. The van der Waals surface area contributed by atoms with Crippen LogP contribution in [0.4, 0.5) is 0 Å². The van der Waals surface area contributed by atoms with Crippen molar-refractivity contribution in [3.8, 4) is 5.75 Å². The van der Waals surface area contributed by atoms with Crippen LogP contribution in [0, 0.1) is 0 Å². The molecule has 2 aromatic carbocycles. The molecule has 0 aromatic heterocycles. The van der Waals surface area contributed by atoms with E-state index in [0.29, 0.717) is 5.56 Å². The van der Waals surface area contributed by atoms with Crippen LogP contribution in [0.1, 0.15) is 18.5 Å². The van der Waals surface area contributed by atoms with Gasteiger partial charge in [0.1, 0.15) is 10.9 Å². The lowest BCUT2D eigenvalue weighted by Gasteiger charge is -2.18. The van der Waals surface area contributed by atoms with E-state index in [9.17, 15) is 18.3 Å². The van der Waals surface area contributed by atoms with Crippen LogP contribution in [0.2, 0.25) is 10.0 Å². The van der Waals surface area contributed by atoms with E-state index in [1.807, 2.05) is 0 Å². The highest BCUT2D eigenvalue weighted by molar-refractivity contribution is 7.89. The van der Waals surface area contributed by atoms with Gasteiger partial charge >= 0.3 is 5.97 Å². The van der Waals surface area contributed by atoms with Crippen molar-refractivity contribution in [3.63, 3.8) is 0 Å². The fourth-order valence-corrected chi connectivity index (χ4v) is 4.02. The number of phenols is 1. The first kappa shape index (κ1) is 19.5. The van der Waals surface area contributed by atoms with Gasteiger partial charge in [-0.1, -0.05) is 53.5 Å². The maximum atomic E-state index is 12.7. The molecule has 2 aromatic rings. The average Bonchev–Trinajstić information content (AvgIpc) is 2.57. The first-order valence-corrected chi connectivity index (χ1v) is 9.42. The van der Waals surface area contributed by atoms with Crippen LogP contribution >= 0.6 is 23.2 Å². The molecule has 0 aliphatic heterocycles. The van der Waals surface area contributed by atoms with Gasteiger partial charge in [-0.3, -0.25) is 0 Å². The molecule has 1 unspecified atom stereocenters. The molecular weight excluding hydrogens is 389 g/mol. The van der Waals surface area contributed by atoms with E-state index in [1.54, 1.807) is 37.3 Å². The third kappa shape index (κ3) is 4.64. The smallest absolute Gasteiger partial charge is 0.328 e. The van der Waals surface area contributed by atoms with Gasteiger partial charge in [0.05, 0.1) is 11.6 Å². The molecule has 0 radical (unpaired) electrons. The van der Waals surface area contributed by atoms with Gasteiger partial charge < -0.3 is 9.84 Å². The molecular formula is C16H15Cl2NO5S. The molecule has 0 aliphatic carbocycles. The zero-order valence-corrected chi connectivity index (χ0v) is 15.4. The molecule has 134 valence electrons. The molecule has 9 heteroatoms. The van der Waals surface area contributed by atoms with E-state index in [0.717, 1.165) is 6.07 Å². The summed E-state index contributed by atoms with van der Waals surface area (Å²) < 4.78 is 32.5. The molecule has 0 bridgehead atoms. The van der Waals surface area contributed by atoms with Crippen LogP contribution in [-0.2, 0) is 19.6 Å². The Morgan fingerprint density at radius 1 is 1.24 bits per heavy atom. The number of nitrogens with one attached hydrogen (secondary N) is 1. The van der Waals surface area contributed by atoms with Crippen LogP contribution in [0.25, 0.3) is 0 Å². The summed E-state index contributed by atoms with van der Waals surface area (Å²) in [5, 5.41) is 9.76. The molecule has 25 heavy (non-hydrogen) atoms. The Kier molecular flexibility index (Phi) is 6.29. The summed E-state index contributed by atoms with van der Waals surface area (Å²) in [5.74, 6) is -1.43. The van der Waals surface area contributed by atoms with Crippen molar-refractivity contribution in [2.45, 2.75) is 17.9 Å². The highest BCUT2D eigenvalue weighted by Gasteiger charge is 2.30. The van der Waals surface area contributed by atoms with Gasteiger partial charge in [0.25, 0.3) is 0 Å². The number of hydrogen-bond donors (Lipinski definition) is 2. The maximum absolute atomic E-state index is 12.7. The Morgan fingerprint density at radius 3 is 2.48 bits per heavy atom. The molecule has 2 N–H and O–H groups in total. The second-order valence-electron chi connectivity index (χ2n) is 4.95. The van der Waals surface area contributed by atoms with Crippen molar-refractivity contribution >= 4 is 39.2 Å². The van der Waals surface area contributed by atoms with E-state index in [2.05, 4.69) is 4.72 Å². The van der Waals surface area contributed by atoms with Crippen LogP contribution in [0.3, 0.4) is 0 Å². The van der Waals surface area contributed by atoms with Gasteiger partial charge in [0.2, 0.25) is 10.0 Å². The summed E-state index contributed by atoms with van der Waals surface area (Å²) in [7, 11) is -4.32. The van der Waals surface area contributed by atoms with Gasteiger partial charge in [0, 0.05) is 5.02 Å². The number of aromatic hydroxyl groups is 1. The van der Waals surface area contributed by atoms with Crippen molar-refractivity contribution in [2.24, 2.45) is 0 Å². The van der Waals surface area contributed by atoms with Gasteiger partial charge in [-0.25, -0.2) is 13.2 Å². The largest absolute Gasteiger partial charge is 0.505 e. The monoisotopic (exact) mass is 403 g/mol. The minimum Gasteiger partial charge on any atom is -0.505 e. The molecule has 2 rings (SSSR count). The topological polar surface area (TPSA) is 92.7 Å². The van der Waals surface area contributed by atoms with Crippen LogP contribution in [0.15, 0.2) is 47.4 Å². The summed E-state index contributed by atoms with van der Waals surface area (Å²) in [6.07, 6.45) is 0. The minimum atomic E-state index is -4.32. The quantitative estimate of drug-likeness (QED) is 0.721. The second-order valence-corrected chi connectivity index (χ2v) is 7.48. The highest BCUT2D eigenvalue weighted by Crippen LogP contribution is 2.34. The molecule has 0 aliphatic rings. The van der Waals surface area contributed by atoms with Crippen LogP contribution in [-0.4, -0.2) is 26.1 Å². The van der Waals surface area contributed by atoms with E-state index in [1.165, 1.54) is 6.07 Å². The van der Waals surface area contributed by atoms with Gasteiger partial charge in [-0.05, 0) is 24.6 Å². The number of ether oxygens (including phenoxy) is 1. The zero-order chi connectivity index (χ0) is 18.6. The zero-order valence-electron chi connectivity index (χ0n) is 13.1. The number of benzene rings is 2. The SMILES string of the molecule is CCOC(=O)C(NS(=O)(=O)c1cc(Cl)cc(Cl)c1O)c1ccccc1. The predicted octanol–water partition coefficient (Wildman–Crippen LogP) is 3.28. The third-order valence-electron chi connectivity index (χ3n) is 3.21. The molecule has 0 amide bonds. The van der Waals surface area contributed by atoms with Crippen LogP contribution < -0.4 is 4.72 Å². The van der Waals surface area contributed by atoms with E-state index in [-0.39, 0.29) is 16.7 Å². The summed E-state index contributed by atoms with van der Waals surface area (Å²) in [6.45, 7) is 1.69. The number of esters is 1. The number of sulfonamides is 1. The Morgan fingerprint density at radius 2 is 1.88 bits per heavy atom. The average molecular weight is 404 g/mol. The predicted molar refractivity (Wildman–Crippen MR) is 94.3 cm³/mol. The summed E-state index contributed by atoms with van der Waals surface area (Å²) in [6, 6.07) is 9.15.